The standard InChI is InChI=1S/C21H37N3O5Si/c1-21(2,3)30(4,5)29-13-17-6-7-22-20(23-17)24-8-9-27-18(12-24)14-26-16-19-15-25-10-11-28-19/h6-7,18-19H,8-16H2,1-5H3/t18-,19?/m1/s1. The van der Waals surface area contributed by atoms with Crippen molar-refractivity contribution in [2.75, 3.05) is 57.6 Å². The summed E-state index contributed by atoms with van der Waals surface area (Å²) in [7, 11) is -1.81. The van der Waals surface area contributed by atoms with Crippen molar-refractivity contribution >= 4 is 14.3 Å². The van der Waals surface area contributed by atoms with Crippen LogP contribution in [0, 0.1) is 0 Å². The summed E-state index contributed by atoms with van der Waals surface area (Å²) in [5, 5.41) is 0.176. The third-order valence-corrected chi connectivity index (χ3v) is 10.5. The molecule has 1 unspecified atom stereocenters. The van der Waals surface area contributed by atoms with Gasteiger partial charge in [0.25, 0.3) is 0 Å². The van der Waals surface area contributed by atoms with Gasteiger partial charge < -0.3 is 28.3 Å². The largest absolute Gasteiger partial charge is 0.411 e. The molecule has 170 valence electrons. The first-order valence-corrected chi connectivity index (χ1v) is 13.7. The summed E-state index contributed by atoms with van der Waals surface area (Å²) in [6.07, 6.45) is 1.81. The molecule has 0 saturated carbocycles. The van der Waals surface area contributed by atoms with Crippen molar-refractivity contribution in [2.45, 2.75) is 57.7 Å². The summed E-state index contributed by atoms with van der Waals surface area (Å²) in [4.78, 5) is 11.4. The molecule has 1 aromatic heterocycles. The number of hydrogen-bond acceptors (Lipinski definition) is 8. The lowest BCUT2D eigenvalue weighted by molar-refractivity contribution is -0.124. The Morgan fingerprint density at radius 3 is 2.63 bits per heavy atom. The van der Waals surface area contributed by atoms with Gasteiger partial charge in [-0.15, -0.1) is 0 Å². The Kier molecular flexibility index (Phi) is 8.22. The first kappa shape index (κ1) is 23.6. The van der Waals surface area contributed by atoms with Crippen molar-refractivity contribution in [1.82, 2.24) is 9.97 Å². The monoisotopic (exact) mass is 439 g/mol. The van der Waals surface area contributed by atoms with Crippen LogP contribution in [0.2, 0.25) is 18.1 Å². The fraction of sp³-hybridized carbons (Fsp3) is 0.810. The zero-order chi connectivity index (χ0) is 21.6. The molecule has 1 aromatic rings. The lowest BCUT2D eigenvalue weighted by Crippen LogP contribution is -2.46. The number of nitrogens with zero attached hydrogens (tertiary/aromatic N) is 3. The number of aromatic nitrogens is 2. The van der Waals surface area contributed by atoms with Crippen LogP contribution in [0.5, 0.6) is 0 Å². The first-order valence-electron chi connectivity index (χ1n) is 10.8. The van der Waals surface area contributed by atoms with Gasteiger partial charge in [-0.2, -0.15) is 0 Å². The average Bonchev–Trinajstić information content (AvgIpc) is 2.73. The van der Waals surface area contributed by atoms with Crippen LogP contribution in [0.15, 0.2) is 12.3 Å². The van der Waals surface area contributed by atoms with Crippen LogP contribution >= 0.6 is 0 Å². The van der Waals surface area contributed by atoms with E-state index in [1.807, 2.05) is 12.3 Å². The topological polar surface area (TPSA) is 75.2 Å². The molecule has 0 spiro atoms. The van der Waals surface area contributed by atoms with Crippen molar-refractivity contribution in [1.29, 1.82) is 0 Å². The minimum atomic E-state index is -1.81. The van der Waals surface area contributed by atoms with Crippen LogP contribution in [0.25, 0.3) is 0 Å². The number of ether oxygens (including phenoxy) is 4. The lowest BCUT2D eigenvalue weighted by atomic mass is 10.2. The van der Waals surface area contributed by atoms with Gasteiger partial charge in [0.05, 0.1) is 58.0 Å². The minimum absolute atomic E-state index is 0.0133. The fourth-order valence-electron chi connectivity index (χ4n) is 3.05. The molecule has 8 nitrogen and oxygen atoms in total. The van der Waals surface area contributed by atoms with Crippen molar-refractivity contribution in [3.05, 3.63) is 18.0 Å². The minimum Gasteiger partial charge on any atom is -0.411 e. The second-order valence-corrected chi connectivity index (χ2v) is 14.3. The van der Waals surface area contributed by atoms with Gasteiger partial charge in [-0.25, -0.2) is 9.97 Å². The normalized spacial score (nSPS) is 23.6. The van der Waals surface area contributed by atoms with E-state index in [0.29, 0.717) is 52.8 Å². The smallest absolute Gasteiger partial charge is 0.225 e. The summed E-state index contributed by atoms with van der Waals surface area (Å²) >= 11 is 0. The number of rotatable bonds is 8. The molecule has 2 saturated heterocycles. The second-order valence-electron chi connectivity index (χ2n) is 9.44. The highest BCUT2D eigenvalue weighted by molar-refractivity contribution is 6.74. The van der Waals surface area contributed by atoms with Crippen molar-refractivity contribution in [2.24, 2.45) is 0 Å². The molecule has 0 N–H and O–H groups in total. The molecule has 2 aliphatic heterocycles. The van der Waals surface area contributed by atoms with E-state index >= 15 is 0 Å². The van der Waals surface area contributed by atoms with Crippen LogP contribution in [-0.4, -0.2) is 83.2 Å². The average molecular weight is 440 g/mol. The maximum atomic E-state index is 6.32. The van der Waals surface area contributed by atoms with Crippen LogP contribution in [0.3, 0.4) is 0 Å². The SMILES string of the molecule is CC(C)(C)[Si](C)(C)OCc1ccnc(N2CCO[C@@H](COCC3COCCO3)C2)n1. The van der Waals surface area contributed by atoms with E-state index in [-0.39, 0.29) is 17.2 Å². The highest BCUT2D eigenvalue weighted by atomic mass is 28.4. The van der Waals surface area contributed by atoms with Gasteiger partial charge in [-0.3, -0.25) is 0 Å². The quantitative estimate of drug-likeness (QED) is 0.572. The van der Waals surface area contributed by atoms with Crippen LogP contribution in [-0.2, 0) is 30.0 Å². The Bertz CT molecular complexity index is 664. The highest BCUT2D eigenvalue weighted by Crippen LogP contribution is 2.37. The Hall–Kier alpha value is -1.10. The van der Waals surface area contributed by atoms with Gasteiger partial charge in [-0.05, 0) is 24.2 Å². The molecule has 0 aromatic carbocycles. The zero-order valence-electron chi connectivity index (χ0n) is 19.1. The third kappa shape index (κ3) is 6.70. The van der Waals surface area contributed by atoms with E-state index in [4.69, 9.17) is 28.4 Å². The van der Waals surface area contributed by atoms with Crippen molar-refractivity contribution in [3.8, 4) is 0 Å². The molecule has 0 amide bonds. The molecule has 2 aliphatic rings. The second kappa shape index (κ2) is 10.5. The molecule has 3 rings (SSSR count). The molecule has 2 fully saturated rings. The molecule has 0 bridgehead atoms. The number of hydrogen-bond donors (Lipinski definition) is 0. The highest BCUT2D eigenvalue weighted by Gasteiger charge is 2.37. The van der Waals surface area contributed by atoms with Gasteiger partial charge in [-0.1, -0.05) is 20.8 Å². The van der Waals surface area contributed by atoms with Crippen LogP contribution in [0.1, 0.15) is 26.5 Å². The summed E-state index contributed by atoms with van der Waals surface area (Å²) < 4.78 is 29.0. The van der Waals surface area contributed by atoms with Gasteiger partial charge in [0.2, 0.25) is 5.95 Å². The summed E-state index contributed by atoms with van der Waals surface area (Å²) in [5.74, 6) is 0.726. The van der Waals surface area contributed by atoms with Crippen molar-refractivity contribution in [3.63, 3.8) is 0 Å². The van der Waals surface area contributed by atoms with Gasteiger partial charge >= 0.3 is 0 Å². The van der Waals surface area contributed by atoms with Gasteiger partial charge in [0, 0.05) is 19.3 Å². The number of morpholine rings is 1. The molecule has 3 heterocycles. The zero-order valence-corrected chi connectivity index (χ0v) is 20.1. The summed E-state index contributed by atoms with van der Waals surface area (Å²) in [6.45, 7) is 16.8. The fourth-order valence-corrected chi connectivity index (χ4v) is 4.00. The molecule has 0 radical (unpaired) electrons. The molecular formula is C21H37N3O5Si. The Morgan fingerprint density at radius 2 is 1.90 bits per heavy atom. The Labute approximate surface area is 181 Å². The molecular weight excluding hydrogens is 402 g/mol. The molecule has 30 heavy (non-hydrogen) atoms. The van der Waals surface area contributed by atoms with Crippen LogP contribution < -0.4 is 4.90 Å². The van der Waals surface area contributed by atoms with Crippen LogP contribution in [0.4, 0.5) is 5.95 Å². The summed E-state index contributed by atoms with van der Waals surface area (Å²) in [6, 6.07) is 1.93. The molecule has 2 atom stereocenters. The van der Waals surface area contributed by atoms with Crippen molar-refractivity contribution < 1.29 is 23.4 Å². The maximum Gasteiger partial charge on any atom is 0.225 e. The van der Waals surface area contributed by atoms with E-state index in [0.717, 1.165) is 18.2 Å². The van der Waals surface area contributed by atoms with E-state index < -0.39 is 8.32 Å². The van der Waals surface area contributed by atoms with E-state index in [1.54, 1.807) is 0 Å². The lowest BCUT2D eigenvalue weighted by Gasteiger charge is -2.36. The third-order valence-electron chi connectivity index (χ3n) is 6.00. The molecule has 9 heteroatoms. The number of anilines is 1. The summed E-state index contributed by atoms with van der Waals surface area (Å²) in [5.41, 5.74) is 0.915. The van der Waals surface area contributed by atoms with E-state index in [2.05, 4.69) is 43.7 Å². The predicted molar refractivity (Wildman–Crippen MR) is 117 cm³/mol. The molecule has 0 aliphatic carbocycles. The first-order chi connectivity index (χ1) is 14.2. The Morgan fingerprint density at radius 1 is 1.13 bits per heavy atom. The van der Waals surface area contributed by atoms with Gasteiger partial charge in [0.1, 0.15) is 6.10 Å². The Balaban J connectivity index is 1.49. The maximum absolute atomic E-state index is 6.32. The predicted octanol–water partition coefficient (Wildman–Crippen LogP) is 2.64. The van der Waals surface area contributed by atoms with E-state index in [9.17, 15) is 0 Å². The van der Waals surface area contributed by atoms with E-state index in [1.165, 1.54) is 0 Å². The van der Waals surface area contributed by atoms with Gasteiger partial charge in [0.15, 0.2) is 8.32 Å².